The molecule has 0 unspecified atom stereocenters. The standard InChI is InChI=1S/C11H18O4Si/c1-4-10(12)14-6-5-7-16-15-11(13)8-9(2)3/h4,8H,1,5-7,16H2,2-3H3. The molecule has 0 radical (unpaired) electrons. The maximum Gasteiger partial charge on any atom is 0.330 e. The molecule has 16 heavy (non-hydrogen) atoms. The molecule has 4 nitrogen and oxygen atoms in total. The lowest BCUT2D eigenvalue weighted by atomic mass is 10.3. The smallest absolute Gasteiger partial charge is 0.330 e. The van der Waals surface area contributed by atoms with Crippen LogP contribution in [-0.2, 0) is 18.8 Å². The van der Waals surface area contributed by atoms with Crippen molar-refractivity contribution in [2.24, 2.45) is 0 Å². The third kappa shape index (κ3) is 9.20. The second kappa shape index (κ2) is 8.91. The molecule has 0 bridgehead atoms. The molecule has 0 aliphatic carbocycles. The van der Waals surface area contributed by atoms with E-state index in [0.29, 0.717) is 6.61 Å². The Morgan fingerprint density at radius 2 is 2.00 bits per heavy atom. The molecule has 0 aliphatic rings. The largest absolute Gasteiger partial charge is 0.522 e. The number of hydrogen-bond donors (Lipinski definition) is 0. The van der Waals surface area contributed by atoms with Crippen LogP contribution in [-0.4, -0.2) is 28.3 Å². The molecule has 0 amide bonds. The summed E-state index contributed by atoms with van der Waals surface area (Å²) in [5, 5.41) is 0. The zero-order valence-corrected chi connectivity index (χ0v) is 11.2. The summed E-state index contributed by atoms with van der Waals surface area (Å²) in [4.78, 5) is 21.7. The molecule has 90 valence electrons. The molecule has 0 spiro atoms. The fourth-order valence-electron chi connectivity index (χ4n) is 0.886. The number of allylic oxidation sites excluding steroid dienone is 1. The van der Waals surface area contributed by atoms with Gasteiger partial charge in [0.25, 0.3) is 0 Å². The third-order valence-electron chi connectivity index (χ3n) is 1.60. The van der Waals surface area contributed by atoms with E-state index in [9.17, 15) is 9.59 Å². The minimum Gasteiger partial charge on any atom is -0.522 e. The van der Waals surface area contributed by atoms with Gasteiger partial charge in [-0.15, -0.1) is 0 Å². The van der Waals surface area contributed by atoms with Crippen molar-refractivity contribution < 1.29 is 18.8 Å². The summed E-state index contributed by atoms with van der Waals surface area (Å²) in [5.41, 5.74) is 0.930. The van der Waals surface area contributed by atoms with E-state index in [0.717, 1.165) is 24.1 Å². The Morgan fingerprint density at radius 3 is 2.56 bits per heavy atom. The second-order valence-electron chi connectivity index (χ2n) is 3.47. The van der Waals surface area contributed by atoms with Crippen LogP contribution in [0.2, 0.25) is 6.04 Å². The van der Waals surface area contributed by atoms with Gasteiger partial charge in [0.2, 0.25) is 9.76 Å². The molecule has 0 fully saturated rings. The summed E-state index contributed by atoms with van der Waals surface area (Å²) in [6.45, 7) is 7.33. The summed E-state index contributed by atoms with van der Waals surface area (Å²) in [6.07, 6.45) is 3.34. The van der Waals surface area contributed by atoms with Crippen molar-refractivity contribution >= 4 is 21.7 Å². The maximum atomic E-state index is 11.1. The number of carbonyl (C=O) groups is 2. The molecule has 0 heterocycles. The average molecular weight is 242 g/mol. The lowest BCUT2D eigenvalue weighted by molar-refractivity contribution is -0.137. The van der Waals surface area contributed by atoms with Gasteiger partial charge < -0.3 is 9.16 Å². The molecule has 0 saturated heterocycles. The van der Waals surface area contributed by atoms with Crippen LogP contribution >= 0.6 is 0 Å². The van der Waals surface area contributed by atoms with Gasteiger partial charge in [0.1, 0.15) is 0 Å². The van der Waals surface area contributed by atoms with Gasteiger partial charge in [-0.1, -0.05) is 12.2 Å². The van der Waals surface area contributed by atoms with Crippen molar-refractivity contribution in [3.8, 4) is 0 Å². The van der Waals surface area contributed by atoms with Crippen LogP contribution in [0.25, 0.3) is 0 Å². The molecule has 0 saturated carbocycles. The Labute approximate surface area is 98.3 Å². The average Bonchev–Trinajstić information content (AvgIpc) is 2.21. The fraction of sp³-hybridized carbons (Fsp3) is 0.455. The number of esters is 1. The number of carbonyl (C=O) groups excluding carboxylic acids is 2. The Bertz CT molecular complexity index is 280. The monoisotopic (exact) mass is 242 g/mol. The first-order valence-electron chi connectivity index (χ1n) is 5.17. The van der Waals surface area contributed by atoms with Crippen molar-refractivity contribution in [2.45, 2.75) is 26.3 Å². The van der Waals surface area contributed by atoms with Crippen LogP contribution in [0.1, 0.15) is 20.3 Å². The van der Waals surface area contributed by atoms with Crippen molar-refractivity contribution in [1.82, 2.24) is 0 Å². The fourth-order valence-corrected chi connectivity index (χ4v) is 1.72. The summed E-state index contributed by atoms with van der Waals surface area (Å²) in [6, 6.07) is 0.812. The topological polar surface area (TPSA) is 52.6 Å². The predicted molar refractivity (Wildman–Crippen MR) is 64.6 cm³/mol. The van der Waals surface area contributed by atoms with E-state index < -0.39 is 15.7 Å². The van der Waals surface area contributed by atoms with Crippen molar-refractivity contribution in [1.29, 1.82) is 0 Å². The van der Waals surface area contributed by atoms with Gasteiger partial charge in [-0.05, 0) is 26.3 Å². The van der Waals surface area contributed by atoms with Crippen molar-refractivity contribution in [2.75, 3.05) is 6.61 Å². The lowest BCUT2D eigenvalue weighted by Gasteiger charge is -2.02. The molecular formula is C11H18O4Si. The van der Waals surface area contributed by atoms with Gasteiger partial charge in [0, 0.05) is 12.2 Å². The normalized spacial score (nSPS) is 9.88. The predicted octanol–water partition coefficient (Wildman–Crippen LogP) is 1.12. The summed E-state index contributed by atoms with van der Waals surface area (Å²) < 4.78 is 9.82. The zero-order chi connectivity index (χ0) is 12.4. The van der Waals surface area contributed by atoms with Gasteiger partial charge in [0.15, 0.2) is 0 Å². The third-order valence-corrected chi connectivity index (χ3v) is 2.88. The van der Waals surface area contributed by atoms with Gasteiger partial charge >= 0.3 is 11.9 Å². The van der Waals surface area contributed by atoms with E-state index in [1.165, 1.54) is 6.08 Å². The minimum atomic E-state index is -0.842. The van der Waals surface area contributed by atoms with E-state index in [-0.39, 0.29) is 5.97 Å². The zero-order valence-electron chi connectivity index (χ0n) is 9.82. The van der Waals surface area contributed by atoms with E-state index in [2.05, 4.69) is 6.58 Å². The number of ether oxygens (including phenoxy) is 1. The van der Waals surface area contributed by atoms with Crippen LogP contribution in [0.5, 0.6) is 0 Å². The quantitative estimate of drug-likeness (QED) is 0.290. The van der Waals surface area contributed by atoms with E-state index in [1.54, 1.807) is 0 Å². The van der Waals surface area contributed by atoms with Crippen LogP contribution in [0.15, 0.2) is 24.3 Å². The Hall–Kier alpha value is -1.36. The first kappa shape index (κ1) is 14.6. The highest BCUT2D eigenvalue weighted by atomic mass is 28.2. The Morgan fingerprint density at radius 1 is 1.31 bits per heavy atom. The van der Waals surface area contributed by atoms with Gasteiger partial charge in [-0.25, -0.2) is 9.59 Å². The molecule has 0 aliphatic heterocycles. The number of rotatable bonds is 7. The van der Waals surface area contributed by atoms with Crippen LogP contribution in [0.4, 0.5) is 0 Å². The molecule has 0 rings (SSSR count). The lowest BCUT2D eigenvalue weighted by Crippen LogP contribution is -2.08. The van der Waals surface area contributed by atoms with Gasteiger partial charge in [-0.2, -0.15) is 0 Å². The highest BCUT2D eigenvalue weighted by molar-refractivity contribution is 6.31. The molecular weight excluding hydrogens is 224 g/mol. The maximum absolute atomic E-state index is 11.1. The molecule has 0 N–H and O–H groups in total. The molecule has 0 aromatic carbocycles. The second-order valence-corrected chi connectivity index (χ2v) is 4.87. The first-order valence-corrected chi connectivity index (χ1v) is 6.75. The minimum absolute atomic E-state index is 0.269. The van der Waals surface area contributed by atoms with Gasteiger partial charge in [0.05, 0.1) is 6.61 Å². The van der Waals surface area contributed by atoms with Gasteiger partial charge in [-0.3, -0.25) is 0 Å². The van der Waals surface area contributed by atoms with E-state index >= 15 is 0 Å². The summed E-state index contributed by atoms with van der Waals surface area (Å²) >= 11 is 0. The first-order chi connectivity index (χ1) is 7.56. The summed E-state index contributed by atoms with van der Waals surface area (Å²) in [7, 11) is -0.842. The van der Waals surface area contributed by atoms with Crippen LogP contribution in [0, 0.1) is 0 Å². The van der Waals surface area contributed by atoms with E-state index in [4.69, 9.17) is 9.16 Å². The highest BCUT2D eigenvalue weighted by Crippen LogP contribution is 1.95. The van der Waals surface area contributed by atoms with Crippen LogP contribution in [0.3, 0.4) is 0 Å². The van der Waals surface area contributed by atoms with Crippen molar-refractivity contribution in [3.63, 3.8) is 0 Å². The molecule has 0 aromatic rings. The van der Waals surface area contributed by atoms with E-state index in [1.807, 2.05) is 13.8 Å². The SMILES string of the molecule is C=CC(=O)OCCC[SiH2]OC(=O)C=C(C)C. The van der Waals surface area contributed by atoms with Crippen molar-refractivity contribution in [3.05, 3.63) is 24.3 Å². The molecule has 0 aromatic heterocycles. The summed E-state index contributed by atoms with van der Waals surface area (Å²) in [5.74, 6) is -0.682. The molecule has 0 atom stereocenters. The Kier molecular flexibility index (Phi) is 8.15. The highest BCUT2D eigenvalue weighted by Gasteiger charge is 1.99. The molecule has 5 heteroatoms. The Balaban J connectivity index is 3.40. The van der Waals surface area contributed by atoms with Crippen LogP contribution < -0.4 is 0 Å². The number of hydrogen-bond acceptors (Lipinski definition) is 4.